The van der Waals surface area contributed by atoms with Crippen molar-refractivity contribution >= 4 is 5.91 Å². The van der Waals surface area contributed by atoms with E-state index in [9.17, 15) is 31.9 Å². The SMILES string of the molecule is CC(C)(CN1CCC(COc2ccc(-c3ccc(C(=O)N4CCC(O)C4)c(F)c3)c(F)c2)CC1)C(F)(F)F. The molecule has 38 heavy (non-hydrogen) atoms. The minimum absolute atomic E-state index is 0.0478. The molecule has 2 aromatic rings. The summed E-state index contributed by atoms with van der Waals surface area (Å²) in [6.07, 6.45) is -3.04. The standard InChI is InChI=1S/C28H33F5N2O3/c1-27(2,28(31,32)33)17-34-10-7-18(8-11-34)16-38-21-4-6-22(25(30)14-21)19-3-5-23(24(29)13-19)26(37)35-12-9-20(36)15-35/h3-6,13-14,18,20,36H,7-12,15-17H2,1-2H3. The van der Waals surface area contributed by atoms with Gasteiger partial charge in [-0.1, -0.05) is 6.07 Å². The highest BCUT2D eigenvalue weighted by Gasteiger charge is 2.48. The van der Waals surface area contributed by atoms with Crippen LogP contribution in [0.4, 0.5) is 22.0 Å². The van der Waals surface area contributed by atoms with Gasteiger partial charge in [-0.2, -0.15) is 13.2 Å². The number of hydrogen-bond acceptors (Lipinski definition) is 4. The Labute approximate surface area is 219 Å². The molecule has 0 radical (unpaired) electrons. The van der Waals surface area contributed by atoms with Gasteiger partial charge in [0.25, 0.3) is 5.91 Å². The number of alkyl halides is 3. The Morgan fingerprint density at radius 1 is 1.00 bits per heavy atom. The van der Waals surface area contributed by atoms with E-state index in [0.717, 1.165) is 6.07 Å². The van der Waals surface area contributed by atoms with Crippen LogP contribution in [-0.2, 0) is 0 Å². The van der Waals surface area contributed by atoms with Crippen molar-refractivity contribution in [3.8, 4) is 16.9 Å². The van der Waals surface area contributed by atoms with Crippen LogP contribution in [0.5, 0.6) is 5.75 Å². The number of carbonyl (C=O) groups is 1. The van der Waals surface area contributed by atoms with Crippen molar-refractivity contribution in [1.82, 2.24) is 9.80 Å². The summed E-state index contributed by atoms with van der Waals surface area (Å²) in [6, 6.07) is 8.21. The van der Waals surface area contributed by atoms with Crippen LogP contribution in [0.2, 0.25) is 0 Å². The third-order valence-electron chi connectivity index (χ3n) is 7.48. The Balaban J connectivity index is 1.31. The largest absolute Gasteiger partial charge is 0.493 e. The maximum Gasteiger partial charge on any atom is 0.395 e. The van der Waals surface area contributed by atoms with Crippen LogP contribution in [0.1, 0.15) is 43.5 Å². The molecule has 1 N–H and O–H groups in total. The molecule has 4 rings (SSSR count). The highest BCUT2D eigenvalue weighted by molar-refractivity contribution is 5.95. The number of ether oxygens (including phenoxy) is 1. The monoisotopic (exact) mass is 540 g/mol. The van der Waals surface area contributed by atoms with Crippen LogP contribution in [0.15, 0.2) is 36.4 Å². The summed E-state index contributed by atoms with van der Waals surface area (Å²) in [4.78, 5) is 15.7. The molecule has 0 saturated carbocycles. The predicted octanol–water partition coefficient (Wildman–Crippen LogP) is 5.52. The molecule has 2 aliphatic rings. The Morgan fingerprint density at radius 2 is 1.71 bits per heavy atom. The number of β-amino-alcohol motifs (C(OH)–C–C–N with tert-alkyl or cyclic N) is 1. The Bertz CT molecular complexity index is 1150. The molecule has 2 heterocycles. The fourth-order valence-corrected chi connectivity index (χ4v) is 4.95. The van der Waals surface area contributed by atoms with Gasteiger partial charge in [0.1, 0.15) is 17.4 Å². The fourth-order valence-electron chi connectivity index (χ4n) is 4.95. The van der Waals surface area contributed by atoms with E-state index in [1.807, 2.05) is 4.90 Å². The molecule has 0 spiro atoms. The minimum atomic E-state index is -4.26. The van der Waals surface area contributed by atoms with Crippen LogP contribution >= 0.6 is 0 Å². The number of likely N-dealkylation sites (tertiary alicyclic amines) is 2. The van der Waals surface area contributed by atoms with Crippen molar-refractivity contribution in [2.75, 3.05) is 39.3 Å². The highest BCUT2D eigenvalue weighted by atomic mass is 19.4. The summed E-state index contributed by atoms with van der Waals surface area (Å²) in [6.45, 7) is 4.30. The third-order valence-corrected chi connectivity index (χ3v) is 7.48. The van der Waals surface area contributed by atoms with Gasteiger partial charge in [-0.25, -0.2) is 8.78 Å². The second-order valence-corrected chi connectivity index (χ2v) is 10.9. The maximum absolute atomic E-state index is 14.9. The quantitative estimate of drug-likeness (QED) is 0.470. The first-order chi connectivity index (χ1) is 17.8. The van der Waals surface area contributed by atoms with Gasteiger partial charge in [-0.05, 0) is 81.9 Å². The van der Waals surface area contributed by atoms with Crippen LogP contribution in [0.25, 0.3) is 11.1 Å². The number of rotatable bonds is 7. The first-order valence-electron chi connectivity index (χ1n) is 12.8. The van der Waals surface area contributed by atoms with Crippen LogP contribution in [-0.4, -0.2) is 72.4 Å². The lowest BCUT2D eigenvalue weighted by Crippen LogP contribution is -2.46. The molecule has 1 atom stereocenters. The number of amides is 1. The molecule has 2 aromatic carbocycles. The number of piperidine rings is 1. The summed E-state index contributed by atoms with van der Waals surface area (Å²) >= 11 is 0. The number of aliphatic hydroxyl groups excluding tert-OH is 1. The number of benzene rings is 2. The second kappa shape index (κ2) is 11.2. The van der Waals surface area contributed by atoms with Crippen LogP contribution < -0.4 is 4.74 Å². The molecular weight excluding hydrogens is 507 g/mol. The zero-order chi connectivity index (χ0) is 27.7. The van der Waals surface area contributed by atoms with E-state index in [2.05, 4.69) is 0 Å². The third kappa shape index (κ3) is 6.46. The number of halogens is 5. The van der Waals surface area contributed by atoms with E-state index in [-0.39, 0.29) is 35.7 Å². The van der Waals surface area contributed by atoms with Gasteiger partial charge in [0.15, 0.2) is 0 Å². The molecule has 208 valence electrons. The Kier molecular flexibility index (Phi) is 8.32. The lowest BCUT2D eigenvalue weighted by molar-refractivity contribution is -0.217. The van der Waals surface area contributed by atoms with E-state index < -0.39 is 35.2 Å². The van der Waals surface area contributed by atoms with E-state index in [4.69, 9.17) is 4.74 Å². The number of hydrogen-bond donors (Lipinski definition) is 1. The lowest BCUT2D eigenvalue weighted by atomic mass is 9.89. The van der Waals surface area contributed by atoms with Gasteiger partial charge >= 0.3 is 6.18 Å². The van der Waals surface area contributed by atoms with Crippen molar-refractivity contribution < 1.29 is 36.6 Å². The summed E-state index contributed by atoms with van der Waals surface area (Å²) in [5.74, 6) is -1.42. The zero-order valence-electron chi connectivity index (χ0n) is 21.5. The first-order valence-corrected chi connectivity index (χ1v) is 12.8. The average molecular weight is 541 g/mol. The van der Waals surface area contributed by atoms with Crippen LogP contribution in [0, 0.1) is 23.0 Å². The normalized spacial score (nSPS) is 19.7. The molecule has 2 fully saturated rings. The molecule has 1 amide bonds. The molecule has 0 aliphatic carbocycles. The molecule has 0 aromatic heterocycles. The minimum Gasteiger partial charge on any atom is -0.493 e. The molecule has 2 saturated heterocycles. The van der Waals surface area contributed by atoms with Crippen molar-refractivity contribution in [3.63, 3.8) is 0 Å². The maximum atomic E-state index is 14.9. The topological polar surface area (TPSA) is 53.0 Å². The summed E-state index contributed by atoms with van der Waals surface area (Å²) in [5.41, 5.74) is -1.46. The van der Waals surface area contributed by atoms with Crippen LogP contribution in [0.3, 0.4) is 0 Å². The van der Waals surface area contributed by atoms with Gasteiger partial charge in [0.05, 0.1) is 23.7 Å². The van der Waals surface area contributed by atoms with Crippen molar-refractivity contribution in [3.05, 3.63) is 53.6 Å². The van der Waals surface area contributed by atoms with E-state index >= 15 is 0 Å². The van der Waals surface area contributed by atoms with Crippen molar-refractivity contribution in [2.45, 2.75) is 45.4 Å². The number of nitrogens with zero attached hydrogens (tertiary/aromatic N) is 2. The van der Waals surface area contributed by atoms with Crippen molar-refractivity contribution in [1.29, 1.82) is 0 Å². The molecular formula is C28H33F5N2O3. The average Bonchev–Trinajstić information content (AvgIpc) is 3.28. The predicted molar refractivity (Wildman–Crippen MR) is 133 cm³/mol. The fraction of sp³-hybridized carbons (Fsp3) is 0.536. The van der Waals surface area contributed by atoms with Gasteiger partial charge < -0.3 is 19.6 Å². The molecule has 0 bridgehead atoms. The van der Waals surface area contributed by atoms with E-state index in [0.29, 0.717) is 51.3 Å². The summed E-state index contributed by atoms with van der Waals surface area (Å²) in [5, 5.41) is 9.62. The Hall–Kier alpha value is -2.72. The molecule has 10 heteroatoms. The lowest BCUT2D eigenvalue weighted by Gasteiger charge is -2.38. The zero-order valence-corrected chi connectivity index (χ0v) is 21.5. The molecule has 2 aliphatic heterocycles. The van der Waals surface area contributed by atoms with Gasteiger partial charge in [0.2, 0.25) is 0 Å². The van der Waals surface area contributed by atoms with E-state index in [1.54, 1.807) is 6.07 Å². The van der Waals surface area contributed by atoms with Crippen molar-refractivity contribution in [2.24, 2.45) is 11.3 Å². The van der Waals surface area contributed by atoms with Gasteiger partial charge in [-0.3, -0.25) is 4.79 Å². The first kappa shape index (κ1) is 28.3. The van der Waals surface area contributed by atoms with Gasteiger partial charge in [-0.15, -0.1) is 0 Å². The smallest absolute Gasteiger partial charge is 0.395 e. The molecule has 1 unspecified atom stereocenters. The number of aliphatic hydroxyl groups is 1. The van der Waals surface area contributed by atoms with E-state index in [1.165, 1.54) is 43.0 Å². The summed E-state index contributed by atoms with van der Waals surface area (Å²) < 4.78 is 74.9. The Morgan fingerprint density at radius 3 is 2.29 bits per heavy atom. The highest BCUT2D eigenvalue weighted by Crippen LogP contribution is 2.39. The number of carbonyl (C=O) groups excluding carboxylic acids is 1. The van der Waals surface area contributed by atoms with Gasteiger partial charge in [0, 0.05) is 31.3 Å². The summed E-state index contributed by atoms with van der Waals surface area (Å²) in [7, 11) is 0. The second-order valence-electron chi connectivity index (χ2n) is 10.9. The molecule has 5 nitrogen and oxygen atoms in total.